The Labute approximate surface area is 229 Å². The molecule has 0 saturated heterocycles. The van der Waals surface area contributed by atoms with Gasteiger partial charge in [0.25, 0.3) is 0 Å². The molecule has 4 fully saturated rings. The van der Waals surface area contributed by atoms with E-state index in [4.69, 9.17) is 4.74 Å². The van der Waals surface area contributed by atoms with Gasteiger partial charge in [0.2, 0.25) is 0 Å². The lowest BCUT2D eigenvalue weighted by Crippen LogP contribution is -2.36. The van der Waals surface area contributed by atoms with E-state index >= 15 is 0 Å². The molecule has 8 atom stereocenters. The maximum absolute atomic E-state index is 11.2. The number of ether oxygens (including phenoxy) is 1. The van der Waals surface area contributed by atoms with Crippen molar-refractivity contribution in [2.45, 2.75) is 116 Å². The van der Waals surface area contributed by atoms with Crippen LogP contribution in [-0.4, -0.2) is 52.2 Å². The maximum Gasteiger partial charge on any atom is 0.193 e. The van der Waals surface area contributed by atoms with Gasteiger partial charge in [0.15, 0.2) is 5.90 Å². The first-order valence-electron chi connectivity index (χ1n) is 15.2. The fourth-order valence-corrected chi connectivity index (χ4v) is 8.14. The molecule has 0 amide bonds. The SMILES string of the molecule is C=C1C(=CC=C2CCC[C@]3(C)[C@@H]([C@H](C)C=C[C@H](O)C4(C5=NCC(CCC)O5)CC4)CC[C@@H]23)C[C@@H](O)C[C@@H]1O. The summed E-state index contributed by atoms with van der Waals surface area (Å²) in [6, 6.07) is 0. The summed E-state index contributed by atoms with van der Waals surface area (Å²) in [5.41, 5.74) is 3.22. The van der Waals surface area contributed by atoms with Crippen molar-refractivity contribution in [3.63, 3.8) is 0 Å². The van der Waals surface area contributed by atoms with E-state index in [1.165, 1.54) is 31.3 Å². The first-order chi connectivity index (χ1) is 18.2. The number of hydrogen-bond acceptors (Lipinski definition) is 5. The zero-order valence-electron chi connectivity index (χ0n) is 23.7. The van der Waals surface area contributed by atoms with Crippen LogP contribution in [0.15, 0.2) is 52.6 Å². The number of fused-ring (bicyclic) bond motifs is 1. The van der Waals surface area contributed by atoms with Crippen molar-refractivity contribution in [1.29, 1.82) is 0 Å². The summed E-state index contributed by atoms with van der Waals surface area (Å²) in [5.74, 6) is 2.35. The first-order valence-corrected chi connectivity index (χ1v) is 15.2. The Hall–Kier alpha value is -1.69. The summed E-state index contributed by atoms with van der Waals surface area (Å²) in [4.78, 5) is 4.69. The smallest absolute Gasteiger partial charge is 0.193 e. The predicted octanol–water partition coefficient (Wildman–Crippen LogP) is 6.06. The molecule has 38 heavy (non-hydrogen) atoms. The molecule has 1 heterocycles. The molecule has 0 spiro atoms. The van der Waals surface area contributed by atoms with Crippen molar-refractivity contribution in [2.75, 3.05) is 6.54 Å². The molecule has 1 aliphatic heterocycles. The topological polar surface area (TPSA) is 82.3 Å². The zero-order valence-corrected chi connectivity index (χ0v) is 23.7. The average Bonchev–Trinajstić information content (AvgIpc) is 3.42. The Bertz CT molecular complexity index is 1020. The van der Waals surface area contributed by atoms with Crippen LogP contribution in [0, 0.1) is 28.6 Å². The summed E-state index contributed by atoms with van der Waals surface area (Å²) in [7, 11) is 0. The Balaban J connectivity index is 1.25. The fraction of sp³-hybridized carbons (Fsp3) is 0.727. The molecule has 5 heteroatoms. The maximum atomic E-state index is 11.2. The highest BCUT2D eigenvalue weighted by atomic mass is 16.5. The number of aliphatic hydroxyl groups excluding tert-OH is 3. The minimum absolute atomic E-state index is 0.188. The van der Waals surface area contributed by atoms with Crippen LogP contribution in [0.1, 0.15) is 91.4 Å². The van der Waals surface area contributed by atoms with Gasteiger partial charge in [0.05, 0.1) is 30.3 Å². The summed E-state index contributed by atoms with van der Waals surface area (Å²) in [6.45, 7) is 11.8. The number of aliphatic hydroxyl groups is 3. The number of aliphatic imine (C=N–C) groups is 1. The van der Waals surface area contributed by atoms with Crippen molar-refractivity contribution in [2.24, 2.45) is 33.6 Å². The lowest BCUT2D eigenvalue weighted by molar-refractivity contribution is 0.0862. The summed E-state index contributed by atoms with van der Waals surface area (Å²) in [5, 5.41) is 31.5. The van der Waals surface area contributed by atoms with E-state index in [0.29, 0.717) is 30.6 Å². The normalized spacial score (nSPS) is 40.3. The molecule has 4 aliphatic carbocycles. The predicted molar refractivity (Wildman–Crippen MR) is 153 cm³/mol. The molecular weight excluding hydrogens is 474 g/mol. The van der Waals surface area contributed by atoms with Crippen LogP contribution in [0.5, 0.6) is 0 Å². The second-order valence-corrected chi connectivity index (χ2v) is 13.2. The van der Waals surface area contributed by atoms with E-state index in [-0.39, 0.29) is 16.9 Å². The van der Waals surface area contributed by atoms with Gasteiger partial charge in [-0.1, -0.05) is 63.6 Å². The molecule has 210 valence electrons. The van der Waals surface area contributed by atoms with Crippen molar-refractivity contribution in [3.8, 4) is 0 Å². The van der Waals surface area contributed by atoms with Crippen molar-refractivity contribution in [3.05, 3.63) is 47.6 Å². The van der Waals surface area contributed by atoms with E-state index in [0.717, 1.165) is 55.7 Å². The van der Waals surface area contributed by atoms with E-state index < -0.39 is 18.3 Å². The van der Waals surface area contributed by atoms with Gasteiger partial charge in [-0.25, -0.2) is 0 Å². The van der Waals surface area contributed by atoms with Crippen molar-refractivity contribution >= 4 is 5.90 Å². The summed E-state index contributed by atoms with van der Waals surface area (Å²) < 4.78 is 6.15. The molecule has 0 aromatic carbocycles. The molecule has 5 aliphatic rings. The number of allylic oxidation sites excluding steroid dienone is 4. The third-order valence-electron chi connectivity index (χ3n) is 10.6. The molecule has 0 aromatic rings. The Kier molecular flexibility index (Phi) is 8.11. The molecule has 1 unspecified atom stereocenters. The van der Waals surface area contributed by atoms with Gasteiger partial charge < -0.3 is 20.1 Å². The van der Waals surface area contributed by atoms with E-state index in [2.05, 4.69) is 50.6 Å². The molecule has 4 saturated carbocycles. The Morgan fingerprint density at radius 2 is 1.95 bits per heavy atom. The van der Waals surface area contributed by atoms with Crippen LogP contribution in [0.4, 0.5) is 0 Å². The van der Waals surface area contributed by atoms with Gasteiger partial charge in [-0.2, -0.15) is 0 Å². The van der Waals surface area contributed by atoms with Crippen LogP contribution in [0.2, 0.25) is 0 Å². The monoisotopic (exact) mass is 523 g/mol. The molecule has 3 N–H and O–H groups in total. The summed E-state index contributed by atoms with van der Waals surface area (Å²) >= 11 is 0. The van der Waals surface area contributed by atoms with Gasteiger partial charge in [0, 0.05) is 6.42 Å². The van der Waals surface area contributed by atoms with Crippen molar-refractivity contribution < 1.29 is 20.1 Å². The second-order valence-electron chi connectivity index (χ2n) is 13.2. The van der Waals surface area contributed by atoms with Gasteiger partial charge in [-0.3, -0.25) is 4.99 Å². The van der Waals surface area contributed by atoms with E-state index in [1.807, 2.05) is 6.08 Å². The third-order valence-corrected chi connectivity index (χ3v) is 10.6. The number of nitrogens with zero attached hydrogens (tertiary/aromatic N) is 1. The lowest BCUT2D eigenvalue weighted by atomic mass is 9.61. The van der Waals surface area contributed by atoms with Gasteiger partial charge >= 0.3 is 0 Å². The largest absolute Gasteiger partial charge is 0.475 e. The van der Waals surface area contributed by atoms with Crippen LogP contribution in [-0.2, 0) is 4.74 Å². The molecule has 0 bridgehead atoms. The quantitative estimate of drug-likeness (QED) is 0.338. The second kappa shape index (κ2) is 11.1. The molecule has 0 aromatic heterocycles. The minimum atomic E-state index is -0.640. The van der Waals surface area contributed by atoms with Gasteiger partial charge in [-0.05, 0) is 92.1 Å². The third kappa shape index (κ3) is 5.23. The lowest BCUT2D eigenvalue weighted by Gasteiger charge is -2.44. The highest BCUT2D eigenvalue weighted by Gasteiger charge is 2.56. The highest BCUT2D eigenvalue weighted by Crippen LogP contribution is 2.60. The standard InChI is InChI=1S/C33H49NO4/c1-5-7-26-20-34-31(38-26)33(16-17-33)30(37)14-9-21(2)27-12-13-28-23(8-6-15-32(27,28)4)10-11-24-18-25(35)19-29(36)22(24)3/h9-11,14,21,25-30,35-37H,3,5-8,12-13,15-20H2,1-2,4H3/t21-,25-,26?,27-,28+,29+,30+,32-/m1/s1. The van der Waals surface area contributed by atoms with Gasteiger partial charge in [-0.15, -0.1) is 0 Å². The van der Waals surface area contributed by atoms with Crippen LogP contribution in [0.25, 0.3) is 0 Å². The fourth-order valence-electron chi connectivity index (χ4n) is 8.14. The number of rotatable bonds is 8. The Morgan fingerprint density at radius 1 is 1.16 bits per heavy atom. The van der Waals surface area contributed by atoms with E-state index in [9.17, 15) is 15.3 Å². The van der Waals surface area contributed by atoms with Crippen LogP contribution < -0.4 is 0 Å². The Morgan fingerprint density at radius 3 is 2.68 bits per heavy atom. The number of hydrogen-bond donors (Lipinski definition) is 3. The van der Waals surface area contributed by atoms with Crippen LogP contribution >= 0.6 is 0 Å². The van der Waals surface area contributed by atoms with Gasteiger partial charge in [0.1, 0.15) is 6.10 Å². The molecule has 0 radical (unpaired) electrons. The minimum Gasteiger partial charge on any atom is -0.475 e. The average molecular weight is 524 g/mol. The van der Waals surface area contributed by atoms with Crippen molar-refractivity contribution in [1.82, 2.24) is 0 Å². The van der Waals surface area contributed by atoms with E-state index in [1.54, 1.807) is 0 Å². The molecule has 5 rings (SSSR count). The highest BCUT2D eigenvalue weighted by molar-refractivity contribution is 5.87. The first kappa shape index (κ1) is 27.9. The molecular formula is C33H49NO4. The summed E-state index contributed by atoms with van der Waals surface area (Å²) in [6.07, 6.45) is 18.2. The van der Waals surface area contributed by atoms with Crippen LogP contribution in [0.3, 0.4) is 0 Å². The molecule has 5 nitrogen and oxygen atoms in total. The zero-order chi connectivity index (χ0) is 27.1.